The first kappa shape index (κ1) is 21.4. The van der Waals surface area contributed by atoms with Crippen LogP contribution in [-0.2, 0) is 11.3 Å². The van der Waals surface area contributed by atoms with Crippen LogP contribution in [0, 0.1) is 5.41 Å². The minimum Gasteiger partial charge on any atom is -0.395 e. The molecular formula is C16H19ClF3N3OS. The van der Waals surface area contributed by atoms with Gasteiger partial charge in [-0.1, -0.05) is 36.7 Å². The molecule has 1 rings (SSSR count). The molecule has 0 aliphatic carbocycles. The van der Waals surface area contributed by atoms with Crippen molar-refractivity contribution in [2.75, 3.05) is 18.1 Å². The first-order valence-corrected chi connectivity index (χ1v) is 8.93. The van der Waals surface area contributed by atoms with Gasteiger partial charge in [-0.2, -0.15) is 24.9 Å². The number of nitrogens with zero attached hydrogens (tertiary/aromatic N) is 1. The van der Waals surface area contributed by atoms with Gasteiger partial charge in [0.15, 0.2) is 0 Å². The van der Waals surface area contributed by atoms with E-state index in [0.717, 1.165) is 5.75 Å². The fourth-order valence-corrected chi connectivity index (χ4v) is 2.71. The summed E-state index contributed by atoms with van der Waals surface area (Å²) in [6.07, 6.45) is -4.44. The van der Waals surface area contributed by atoms with Crippen molar-refractivity contribution < 1.29 is 18.0 Å². The first-order valence-electron chi connectivity index (χ1n) is 7.40. The van der Waals surface area contributed by atoms with Gasteiger partial charge in [-0.15, -0.1) is 0 Å². The van der Waals surface area contributed by atoms with Crippen molar-refractivity contribution in [3.8, 4) is 0 Å². The van der Waals surface area contributed by atoms with E-state index in [0.29, 0.717) is 22.4 Å². The Labute approximate surface area is 153 Å². The molecule has 138 valence electrons. The van der Waals surface area contributed by atoms with Crippen molar-refractivity contribution in [3.05, 3.63) is 46.6 Å². The summed E-state index contributed by atoms with van der Waals surface area (Å²) in [6, 6.07) is 6.86. The van der Waals surface area contributed by atoms with Gasteiger partial charge in [-0.3, -0.25) is 10.2 Å². The zero-order valence-corrected chi connectivity index (χ0v) is 15.1. The summed E-state index contributed by atoms with van der Waals surface area (Å²) >= 11 is 7.66. The van der Waals surface area contributed by atoms with Crippen molar-refractivity contribution in [2.24, 2.45) is 5.73 Å². The first-order chi connectivity index (χ1) is 11.7. The average molecular weight is 394 g/mol. The highest BCUT2D eigenvalue weighted by Gasteiger charge is 2.32. The molecule has 0 bridgehead atoms. The maximum absolute atomic E-state index is 12.5. The van der Waals surface area contributed by atoms with Gasteiger partial charge in [-0.05, 0) is 23.5 Å². The Balaban J connectivity index is 2.96. The highest BCUT2D eigenvalue weighted by Crippen LogP contribution is 2.22. The van der Waals surface area contributed by atoms with Gasteiger partial charge >= 0.3 is 6.18 Å². The number of amides is 1. The van der Waals surface area contributed by atoms with Crippen LogP contribution in [0.5, 0.6) is 0 Å². The van der Waals surface area contributed by atoms with Crippen LogP contribution in [0.3, 0.4) is 0 Å². The number of benzene rings is 1. The third-order valence-electron chi connectivity index (χ3n) is 3.17. The highest BCUT2D eigenvalue weighted by atomic mass is 35.5. The maximum Gasteiger partial charge on any atom is 0.430 e. The number of thioether (sulfide) groups is 1. The number of alkyl halides is 3. The molecule has 0 spiro atoms. The summed E-state index contributed by atoms with van der Waals surface area (Å²) in [5.74, 6) is 0.606. The van der Waals surface area contributed by atoms with Crippen LogP contribution in [0.25, 0.3) is 0 Å². The molecule has 4 nitrogen and oxygen atoms in total. The van der Waals surface area contributed by atoms with Gasteiger partial charge < -0.3 is 10.6 Å². The second kappa shape index (κ2) is 9.72. The predicted molar refractivity (Wildman–Crippen MR) is 95.9 cm³/mol. The van der Waals surface area contributed by atoms with Crippen LogP contribution in [0.2, 0.25) is 5.02 Å². The van der Waals surface area contributed by atoms with Gasteiger partial charge in [0.05, 0.1) is 0 Å². The van der Waals surface area contributed by atoms with E-state index in [1.807, 2.05) is 6.92 Å². The lowest BCUT2D eigenvalue weighted by molar-refractivity contribution is -0.124. The molecule has 1 aromatic rings. The topological polar surface area (TPSA) is 70.2 Å². The monoisotopic (exact) mass is 393 g/mol. The van der Waals surface area contributed by atoms with Crippen molar-refractivity contribution in [2.45, 2.75) is 19.6 Å². The number of carbonyl (C=O) groups is 1. The van der Waals surface area contributed by atoms with Gasteiger partial charge in [0.25, 0.3) is 5.91 Å². The number of allylic oxidation sites excluding steroid dienone is 1. The van der Waals surface area contributed by atoms with Crippen molar-refractivity contribution in [3.63, 3.8) is 0 Å². The quantitative estimate of drug-likeness (QED) is 0.520. The Hall–Kier alpha value is -1.67. The Morgan fingerprint density at radius 2 is 2.04 bits per heavy atom. The molecule has 0 atom stereocenters. The van der Waals surface area contributed by atoms with Crippen LogP contribution < -0.4 is 5.73 Å². The summed E-state index contributed by atoms with van der Waals surface area (Å²) in [7, 11) is 0. The molecule has 0 unspecified atom stereocenters. The van der Waals surface area contributed by atoms with Crippen LogP contribution >= 0.6 is 23.4 Å². The second-order valence-corrected chi connectivity index (χ2v) is 6.83. The maximum atomic E-state index is 12.5. The lowest BCUT2D eigenvalue weighted by Gasteiger charge is -2.23. The van der Waals surface area contributed by atoms with Gasteiger partial charge in [0.1, 0.15) is 11.4 Å². The summed E-state index contributed by atoms with van der Waals surface area (Å²) in [6.45, 7) is 2.34. The van der Waals surface area contributed by atoms with Crippen LogP contribution in [0.1, 0.15) is 12.5 Å². The summed E-state index contributed by atoms with van der Waals surface area (Å²) in [5.41, 5.74) is 3.24. The van der Waals surface area contributed by atoms with Crippen molar-refractivity contribution in [1.29, 1.82) is 5.41 Å². The zero-order chi connectivity index (χ0) is 19.0. The van der Waals surface area contributed by atoms with Gasteiger partial charge in [0.2, 0.25) is 0 Å². The number of carbonyl (C=O) groups excluding carboxylic acids is 1. The van der Waals surface area contributed by atoms with Crippen LogP contribution in [0.4, 0.5) is 13.2 Å². The molecule has 0 fully saturated rings. The minimum absolute atomic E-state index is 0.102. The van der Waals surface area contributed by atoms with Gasteiger partial charge in [-0.25, -0.2) is 0 Å². The number of hydrogen-bond acceptors (Lipinski definition) is 4. The highest BCUT2D eigenvalue weighted by molar-refractivity contribution is 7.99. The molecule has 1 aromatic carbocycles. The van der Waals surface area contributed by atoms with Crippen molar-refractivity contribution in [1.82, 2.24) is 4.90 Å². The molecule has 1 amide bonds. The lowest BCUT2D eigenvalue weighted by Crippen LogP contribution is -2.37. The molecule has 3 N–H and O–H groups in total. The Kier molecular flexibility index (Phi) is 8.31. The van der Waals surface area contributed by atoms with E-state index in [-0.39, 0.29) is 13.1 Å². The fourth-order valence-electron chi connectivity index (χ4n) is 1.87. The number of hydrogen-bond donors (Lipinski definition) is 2. The van der Waals surface area contributed by atoms with Crippen LogP contribution in [0.15, 0.2) is 36.0 Å². The SMILES string of the molecule is CCSCCN(Cc1ccccc1Cl)C(=O)C(=N)C=C(N)C(F)(F)F. The van der Waals surface area contributed by atoms with Crippen molar-refractivity contribution >= 4 is 35.0 Å². The Bertz CT molecular complexity index is 650. The molecule has 0 saturated heterocycles. The zero-order valence-electron chi connectivity index (χ0n) is 13.6. The summed E-state index contributed by atoms with van der Waals surface area (Å²) in [5, 5.41) is 8.09. The van der Waals surface area contributed by atoms with E-state index in [1.165, 1.54) is 4.90 Å². The van der Waals surface area contributed by atoms with E-state index in [1.54, 1.807) is 36.0 Å². The average Bonchev–Trinajstić information content (AvgIpc) is 2.54. The predicted octanol–water partition coefficient (Wildman–Crippen LogP) is 3.85. The molecule has 0 aliphatic heterocycles. The number of rotatable bonds is 8. The third kappa shape index (κ3) is 6.99. The normalized spacial score (nSPS) is 12.1. The van der Waals surface area contributed by atoms with E-state index in [4.69, 9.17) is 22.7 Å². The smallest absolute Gasteiger partial charge is 0.395 e. The lowest BCUT2D eigenvalue weighted by atomic mass is 10.2. The molecule has 0 aromatic heterocycles. The van der Waals surface area contributed by atoms with Crippen LogP contribution in [-0.4, -0.2) is 40.7 Å². The summed E-state index contributed by atoms with van der Waals surface area (Å²) in [4.78, 5) is 13.7. The van der Waals surface area contributed by atoms with E-state index in [9.17, 15) is 18.0 Å². The number of halogens is 4. The molecule has 25 heavy (non-hydrogen) atoms. The molecule has 0 radical (unpaired) electrons. The van der Waals surface area contributed by atoms with E-state index in [2.05, 4.69) is 0 Å². The Morgan fingerprint density at radius 3 is 2.60 bits per heavy atom. The van der Waals surface area contributed by atoms with E-state index < -0.39 is 23.5 Å². The Morgan fingerprint density at radius 1 is 1.40 bits per heavy atom. The number of nitrogens with two attached hydrogens (primary N) is 1. The van der Waals surface area contributed by atoms with Gasteiger partial charge in [0, 0.05) is 23.9 Å². The number of nitrogens with one attached hydrogen (secondary N) is 1. The second-order valence-electron chi connectivity index (χ2n) is 5.03. The largest absolute Gasteiger partial charge is 0.430 e. The molecule has 0 saturated carbocycles. The molecule has 0 aliphatic rings. The van der Waals surface area contributed by atoms with E-state index >= 15 is 0 Å². The third-order valence-corrected chi connectivity index (χ3v) is 4.42. The molecular weight excluding hydrogens is 375 g/mol. The summed E-state index contributed by atoms with van der Waals surface area (Å²) < 4.78 is 37.5. The molecule has 9 heteroatoms. The minimum atomic E-state index is -4.78. The fraction of sp³-hybridized carbons (Fsp3) is 0.375. The molecule has 0 heterocycles. The standard InChI is InChI=1S/C16H19ClF3N3OS/c1-2-25-8-7-23(10-11-5-3-4-6-12(11)17)15(24)13(21)9-14(22)16(18,19)20/h3-6,9,21H,2,7-8,10,22H2,1H3.